The molecule has 2 nitrogen and oxygen atoms in total. The maximum atomic E-state index is 11.2. The lowest BCUT2D eigenvalue weighted by Crippen LogP contribution is -2.05. The second kappa shape index (κ2) is 4.66. The highest BCUT2D eigenvalue weighted by Gasteiger charge is 2.08. The van der Waals surface area contributed by atoms with Crippen molar-refractivity contribution in [2.24, 2.45) is 0 Å². The summed E-state index contributed by atoms with van der Waals surface area (Å²) in [7, 11) is 1.40. The van der Waals surface area contributed by atoms with Crippen LogP contribution in [0.5, 0.6) is 0 Å². The highest BCUT2D eigenvalue weighted by atomic mass is 79.9. The molecule has 0 radical (unpaired) electrons. The number of ether oxygens (including phenoxy) is 1. The van der Waals surface area contributed by atoms with Gasteiger partial charge in [0.2, 0.25) is 0 Å². The number of carbonyl (C=O) groups is 1. The number of fused-ring (bicyclic) bond motifs is 1. The molecule has 82 valence electrons. The van der Waals surface area contributed by atoms with Gasteiger partial charge in [0.15, 0.2) is 0 Å². The molecule has 16 heavy (non-hydrogen) atoms. The van der Waals surface area contributed by atoms with Crippen molar-refractivity contribution in [3.05, 3.63) is 46.4 Å². The summed E-state index contributed by atoms with van der Waals surface area (Å²) in [4.78, 5) is 11.2. The van der Waals surface area contributed by atoms with Gasteiger partial charge >= 0.3 is 5.97 Å². The van der Waals surface area contributed by atoms with Crippen LogP contribution < -0.4 is 0 Å². The van der Waals surface area contributed by atoms with Crippen molar-refractivity contribution in [1.29, 1.82) is 0 Å². The Balaban J connectivity index is 2.48. The van der Waals surface area contributed by atoms with Gasteiger partial charge in [0.1, 0.15) is 0 Å². The molecule has 2 rings (SSSR count). The van der Waals surface area contributed by atoms with Gasteiger partial charge in [-0.05, 0) is 32.3 Å². The van der Waals surface area contributed by atoms with E-state index in [1.807, 2.05) is 36.4 Å². The van der Waals surface area contributed by atoms with Gasteiger partial charge in [-0.25, -0.2) is 0 Å². The molecule has 0 aliphatic rings. The van der Waals surface area contributed by atoms with Crippen LogP contribution in [0.2, 0.25) is 0 Å². The molecule has 0 saturated heterocycles. The lowest BCUT2D eigenvalue weighted by atomic mass is 10.1. The number of hydrogen-bond acceptors (Lipinski definition) is 2. The van der Waals surface area contributed by atoms with Gasteiger partial charge in [0, 0.05) is 4.47 Å². The zero-order valence-corrected chi connectivity index (χ0v) is 10.5. The zero-order chi connectivity index (χ0) is 11.5. The summed E-state index contributed by atoms with van der Waals surface area (Å²) in [5, 5.41) is 2.27. The van der Waals surface area contributed by atoms with Crippen LogP contribution in [0.3, 0.4) is 0 Å². The predicted molar refractivity (Wildman–Crippen MR) is 67.4 cm³/mol. The Kier molecular flexibility index (Phi) is 3.25. The van der Waals surface area contributed by atoms with Crippen LogP contribution in [0.4, 0.5) is 0 Å². The lowest BCUT2D eigenvalue weighted by molar-refractivity contribution is -0.139. The molecule has 0 aliphatic carbocycles. The summed E-state index contributed by atoms with van der Waals surface area (Å²) in [6, 6.07) is 12.0. The third-order valence-electron chi connectivity index (χ3n) is 2.51. The summed E-state index contributed by atoms with van der Waals surface area (Å²) in [6.45, 7) is 0. The van der Waals surface area contributed by atoms with Crippen molar-refractivity contribution in [2.45, 2.75) is 6.42 Å². The minimum Gasteiger partial charge on any atom is -0.469 e. The van der Waals surface area contributed by atoms with E-state index in [-0.39, 0.29) is 5.97 Å². The summed E-state index contributed by atoms with van der Waals surface area (Å²) in [5.74, 6) is -0.226. The number of rotatable bonds is 2. The number of halogens is 1. The Bertz CT molecular complexity index is 534. The van der Waals surface area contributed by atoms with E-state index in [9.17, 15) is 4.79 Å². The van der Waals surface area contributed by atoms with E-state index < -0.39 is 0 Å². The molecule has 2 aromatic carbocycles. The lowest BCUT2D eigenvalue weighted by Gasteiger charge is -2.06. The average molecular weight is 279 g/mol. The Morgan fingerprint density at radius 3 is 2.75 bits per heavy atom. The van der Waals surface area contributed by atoms with Crippen molar-refractivity contribution in [3.63, 3.8) is 0 Å². The number of benzene rings is 2. The number of carbonyl (C=O) groups excluding carboxylic acids is 1. The molecule has 0 spiro atoms. The van der Waals surface area contributed by atoms with Crippen LogP contribution in [0.25, 0.3) is 10.8 Å². The molecular formula is C13H11BrO2. The maximum Gasteiger partial charge on any atom is 0.310 e. The fourth-order valence-corrected chi connectivity index (χ4v) is 2.28. The minimum atomic E-state index is -0.226. The molecule has 0 amide bonds. The Morgan fingerprint density at radius 1 is 1.25 bits per heavy atom. The monoisotopic (exact) mass is 278 g/mol. The van der Waals surface area contributed by atoms with Crippen LogP contribution in [0, 0.1) is 0 Å². The molecule has 0 saturated carbocycles. The molecular weight excluding hydrogens is 268 g/mol. The summed E-state index contributed by atoms with van der Waals surface area (Å²) >= 11 is 3.53. The predicted octanol–water partition coefficient (Wildman–Crippen LogP) is 3.32. The fraction of sp³-hybridized carbons (Fsp3) is 0.154. The van der Waals surface area contributed by atoms with Crippen molar-refractivity contribution in [1.82, 2.24) is 0 Å². The van der Waals surface area contributed by atoms with E-state index in [1.54, 1.807) is 0 Å². The van der Waals surface area contributed by atoms with Crippen LogP contribution in [0.15, 0.2) is 40.9 Å². The van der Waals surface area contributed by atoms with Crippen LogP contribution in [-0.2, 0) is 16.0 Å². The van der Waals surface area contributed by atoms with Gasteiger partial charge in [0.25, 0.3) is 0 Å². The third kappa shape index (κ3) is 2.09. The normalized spacial score (nSPS) is 10.4. The van der Waals surface area contributed by atoms with Gasteiger partial charge in [0.05, 0.1) is 13.5 Å². The summed E-state index contributed by atoms with van der Waals surface area (Å²) in [5.41, 5.74) is 0.950. The summed E-state index contributed by atoms with van der Waals surface area (Å²) < 4.78 is 5.63. The molecule has 0 atom stereocenters. The van der Waals surface area contributed by atoms with Crippen molar-refractivity contribution in [3.8, 4) is 0 Å². The topological polar surface area (TPSA) is 26.3 Å². The average Bonchev–Trinajstić information content (AvgIpc) is 2.33. The van der Waals surface area contributed by atoms with Gasteiger partial charge in [-0.3, -0.25) is 4.79 Å². The SMILES string of the molecule is COC(=O)Cc1ccc2ccccc2c1Br. The molecule has 0 fully saturated rings. The Labute approximate surface area is 102 Å². The van der Waals surface area contributed by atoms with Gasteiger partial charge in [-0.2, -0.15) is 0 Å². The number of esters is 1. The molecule has 0 aromatic heterocycles. The molecule has 2 aromatic rings. The molecule has 0 N–H and O–H groups in total. The Morgan fingerprint density at radius 2 is 2.00 bits per heavy atom. The largest absolute Gasteiger partial charge is 0.469 e. The Hall–Kier alpha value is -1.35. The standard InChI is InChI=1S/C13H11BrO2/c1-16-12(15)8-10-7-6-9-4-2-3-5-11(9)13(10)14/h2-7H,8H2,1H3. The van der Waals surface area contributed by atoms with Gasteiger partial charge < -0.3 is 4.74 Å². The molecule has 3 heteroatoms. The van der Waals surface area contributed by atoms with Crippen molar-refractivity contribution < 1.29 is 9.53 Å². The van der Waals surface area contributed by atoms with E-state index >= 15 is 0 Å². The second-order valence-electron chi connectivity index (χ2n) is 3.51. The number of methoxy groups -OCH3 is 1. The van der Waals surface area contributed by atoms with E-state index in [0.29, 0.717) is 6.42 Å². The molecule has 0 unspecified atom stereocenters. The fourth-order valence-electron chi connectivity index (χ4n) is 1.64. The smallest absolute Gasteiger partial charge is 0.310 e. The first-order chi connectivity index (χ1) is 7.72. The molecule has 0 aliphatic heterocycles. The first-order valence-electron chi connectivity index (χ1n) is 4.95. The van der Waals surface area contributed by atoms with E-state index in [2.05, 4.69) is 20.7 Å². The quantitative estimate of drug-likeness (QED) is 0.788. The number of hydrogen-bond donors (Lipinski definition) is 0. The van der Waals surface area contributed by atoms with E-state index in [4.69, 9.17) is 0 Å². The summed E-state index contributed by atoms with van der Waals surface area (Å²) in [6.07, 6.45) is 0.294. The van der Waals surface area contributed by atoms with Crippen LogP contribution >= 0.6 is 15.9 Å². The highest BCUT2D eigenvalue weighted by Crippen LogP contribution is 2.28. The van der Waals surface area contributed by atoms with E-state index in [1.165, 1.54) is 7.11 Å². The second-order valence-corrected chi connectivity index (χ2v) is 4.31. The minimum absolute atomic E-state index is 0.226. The first kappa shape index (κ1) is 11.1. The molecule has 0 bridgehead atoms. The van der Waals surface area contributed by atoms with Crippen molar-refractivity contribution in [2.75, 3.05) is 7.11 Å². The highest BCUT2D eigenvalue weighted by molar-refractivity contribution is 9.10. The van der Waals surface area contributed by atoms with Gasteiger partial charge in [-0.1, -0.05) is 36.4 Å². The first-order valence-corrected chi connectivity index (χ1v) is 5.74. The van der Waals surface area contributed by atoms with E-state index in [0.717, 1.165) is 20.8 Å². The molecule has 0 heterocycles. The zero-order valence-electron chi connectivity index (χ0n) is 8.87. The third-order valence-corrected chi connectivity index (χ3v) is 3.44. The van der Waals surface area contributed by atoms with Crippen molar-refractivity contribution >= 4 is 32.7 Å². The van der Waals surface area contributed by atoms with Gasteiger partial charge in [-0.15, -0.1) is 0 Å². The maximum absolute atomic E-state index is 11.2. The van der Waals surface area contributed by atoms with Crippen LogP contribution in [-0.4, -0.2) is 13.1 Å². The van der Waals surface area contributed by atoms with Crippen LogP contribution in [0.1, 0.15) is 5.56 Å².